The minimum absolute atomic E-state index is 0.150. The first-order valence-corrected chi connectivity index (χ1v) is 10.9. The Balaban J connectivity index is 1.33. The largest absolute Gasteiger partial charge is 0.493 e. The van der Waals surface area contributed by atoms with E-state index in [1.54, 1.807) is 30.1 Å². The fraction of sp³-hybridized carbons (Fsp3) is 0.115. The molecule has 0 saturated carbocycles. The molecule has 5 aromatic rings. The summed E-state index contributed by atoms with van der Waals surface area (Å²) >= 11 is 0. The zero-order valence-corrected chi connectivity index (χ0v) is 19.2. The van der Waals surface area contributed by atoms with Crippen molar-refractivity contribution in [3.63, 3.8) is 0 Å². The predicted molar refractivity (Wildman–Crippen MR) is 131 cm³/mol. The summed E-state index contributed by atoms with van der Waals surface area (Å²) in [6.45, 7) is 1.81. The van der Waals surface area contributed by atoms with Crippen LogP contribution in [0.5, 0.6) is 11.5 Å². The second-order valence-electron chi connectivity index (χ2n) is 7.83. The van der Waals surface area contributed by atoms with E-state index < -0.39 is 0 Å². The van der Waals surface area contributed by atoms with Gasteiger partial charge >= 0.3 is 0 Å². The van der Waals surface area contributed by atoms with Gasteiger partial charge in [-0.2, -0.15) is 9.61 Å². The SMILES string of the molecule is COc1cc(C)ccc1OCC(=O)Nc1cccc(-c2ccc3nnc(-c4cccnc4)n3n2)c1. The van der Waals surface area contributed by atoms with E-state index >= 15 is 0 Å². The number of rotatable bonds is 7. The van der Waals surface area contributed by atoms with E-state index in [9.17, 15) is 4.79 Å². The maximum atomic E-state index is 12.5. The van der Waals surface area contributed by atoms with Crippen molar-refractivity contribution in [2.24, 2.45) is 0 Å². The Kier molecular flexibility index (Phi) is 6.04. The van der Waals surface area contributed by atoms with E-state index in [0.717, 1.165) is 16.7 Å². The average Bonchev–Trinajstić information content (AvgIpc) is 3.32. The fourth-order valence-electron chi connectivity index (χ4n) is 3.61. The van der Waals surface area contributed by atoms with Gasteiger partial charge in [0.05, 0.1) is 12.8 Å². The van der Waals surface area contributed by atoms with Crippen LogP contribution in [-0.2, 0) is 4.79 Å². The average molecular weight is 467 g/mol. The third kappa shape index (κ3) is 4.79. The molecule has 1 N–H and O–H groups in total. The first-order valence-electron chi connectivity index (χ1n) is 10.9. The molecule has 5 rings (SSSR count). The van der Waals surface area contributed by atoms with E-state index in [1.807, 2.05) is 67.6 Å². The minimum Gasteiger partial charge on any atom is -0.493 e. The number of amides is 1. The summed E-state index contributed by atoms with van der Waals surface area (Å²) in [6, 6.07) is 20.4. The molecule has 0 aliphatic carbocycles. The van der Waals surface area contributed by atoms with Crippen molar-refractivity contribution in [1.82, 2.24) is 24.8 Å². The fourth-order valence-corrected chi connectivity index (χ4v) is 3.61. The third-order valence-electron chi connectivity index (χ3n) is 5.30. The minimum atomic E-state index is -0.286. The van der Waals surface area contributed by atoms with Gasteiger partial charge in [0.25, 0.3) is 5.91 Å². The van der Waals surface area contributed by atoms with E-state index in [-0.39, 0.29) is 12.5 Å². The van der Waals surface area contributed by atoms with Gasteiger partial charge in [0, 0.05) is 29.2 Å². The lowest BCUT2D eigenvalue weighted by Crippen LogP contribution is -2.20. The van der Waals surface area contributed by atoms with E-state index in [0.29, 0.717) is 34.4 Å². The molecule has 0 atom stereocenters. The van der Waals surface area contributed by atoms with Gasteiger partial charge in [0.15, 0.2) is 29.6 Å². The van der Waals surface area contributed by atoms with E-state index in [1.165, 1.54) is 0 Å². The van der Waals surface area contributed by atoms with Gasteiger partial charge in [-0.05, 0) is 61.0 Å². The van der Waals surface area contributed by atoms with Crippen molar-refractivity contribution in [1.29, 1.82) is 0 Å². The van der Waals surface area contributed by atoms with Crippen LogP contribution in [0.3, 0.4) is 0 Å². The highest BCUT2D eigenvalue weighted by Crippen LogP contribution is 2.28. The summed E-state index contributed by atoms with van der Waals surface area (Å²) < 4.78 is 12.7. The lowest BCUT2D eigenvalue weighted by atomic mass is 10.1. The van der Waals surface area contributed by atoms with Crippen molar-refractivity contribution in [2.45, 2.75) is 6.92 Å². The van der Waals surface area contributed by atoms with Crippen molar-refractivity contribution < 1.29 is 14.3 Å². The molecular weight excluding hydrogens is 444 g/mol. The zero-order valence-electron chi connectivity index (χ0n) is 19.2. The summed E-state index contributed by atoms with van der Waals surface area (Å²) in [5.41, 5.74) is 4.65. The summed E-state index contributed by atoms with van der Waals surface area (Å²) in [4.78, 5) is 16.7. The number of carbonyl (C=O) groups is 1. The molecule has 35 heavy (non-hydrogen) atoms. The number of hydrogen-bond acceptors (Lipinski definition) is 7. The summed E-state index contributed by atoms with van der Waals surface area (Å²) in [5, 5.41) is 16.0. The smallest absolute Gasteiger partial charge is 0.262 e. The molecule has 0 bridgehead atoms. The Bertz CT molecular complexity index is 1500. The number of anilines is 1. The van der Waals surface area contributed by atoms with Crippen molar-refractivity contribution in [3.05, 3.63) is 84.7 Å². The van der Waals surface area contributed by atoms with Gasteiger partial charge < -0.3 is 14.8 Å². The number of aromatic nitrogens is 5. The number of carbonyl (C=O) groups excluding carboxylic acids is 1. The molecule has 0 fully saturated rings. The second-order valence-corrected chi connectivity index (χ2v) is 7.83. The molecule has 0 unspecified atom stereocenters. The molecule has 0 aliphatic heterocycles. The van der Waals surface area contributed by atoms with Crippen molar-refractivity contribution >= 4 is 17.2 Å². The number of hydrogen-bond donors (Lipinski definition) is 1. The van der Waals surface area contributed by atoms with Crippen LogP contribution < -0.4 is 14.8 Å². The Labute approximate surface area is 201 Å². The molecular formula is C26H22N6O3. The number of aryl methyl sites for hydroxylation is 1. The molecule has 1 amide bonds. The lowest BCUT2D eigenvalue weighted by molar-refractivity contribution is -0.118. The van der Waals surface area contributed by atoms with Crippen LogP contribution in [0.4, 0.5) is 5.69 Å². The molecule has 2 aromatic carbocycles. The van der Waals surface area contributed by atoms with Crippen molar-refractivity contribution in [3.8, 4) is 34.1 Å². The van der Waals surface area contributed by atoms with Gasteiger partial charge in [-0.25, -0.2) is 0 Å². The Morgan fingerprint density at radius 1 is 0.971 bits per heavy atom. The standard InChI is InChI=1S/C26H22N6O3/c1-17-8-10-22(23(13-17)34-2)35-16-25(33)28-20-7-3-5-18(14-20)21-9-11-24-29-30-26(32(24)31-21)19-6-4-12-27-15-19/h3-15H,16H2,1-2H3,(H,28,33). The Morgan fingerprint density at radius 2 is 1.86 bits per heavy atom. The summed E-state index contributed by atoms with van der Waals surface area (Å²) in [7, 11) is 1.57. The van der Waals surface area contributed by atoms with Crippen LogP contribution in [0, 0.1) is 6.92 Å². The lowest BCUT2D eigenvalue weighted by Gasteiger charge is -2.12. The highest BCUT2D eigenvalue weighted by Gasteiger charge is 2.12. The molecule has 3 heterocycles. The quantitative estimate of drug-likeness (QED) is 0.384. The highest BCUT2D eigenvalue weighted by molar-refractivity contribution is 5.92. The van der Waals surface area contributed by atoms with Crippen LogP contribution >= 0.6 is 0 Å². The number of pyridine rings is 1. The monoisotopic (exact) mass is 466 g/mol. The number of methoxy groups -OCH3 is 1. The molecule has 3 aromatic heterocycles. The second kappa shape index (κ2) is 9.60. The highest BCUT2D eigenvalue weighted by atomic mass is 16.5. The Morgan fingerprint density at radius 3 is 2.69 bits per heavy atom. The van der Waals surface area contributed by atoms with Crippen LogP contribution in [0.25, 0.3) is 28.3 Å². The normalized spacial score (nSPS) is 10.8. The predicted octanol–water partition coefficient (Wildman–Crippen LogP) is 4.19. The molecule has 9 nitrogen and oxygen atoms in total. The molecule has 0 aliphatic rings. The van der Waals surface area contributed by atoms with E-state index in [2.05, 4.69) is 20.5 Å². The Hall–Kier alpha value is -4.79. The van der Waals surface area contributed by atoms with E-state index in [4.69, 9.17) is 14.6 Å². The summed E-state index contributed by atoms with van der Waals surface area (Å²) in [6.07, 6.45) is 3.42. The van der Waals surface area contributed by atoms with Gasteiger partial charge in [0.1, 0.15) is 0 Å². The number of ether oxygens (including phenoxy) is 2. The maximum absolute atomic E-state index is 12.5. The first kappa shape index (κ1) is 22.0. The maximum Gasteiger partial charge on any atom is 0.262 e. The number of fused-ring (bicyclic) bond motifs is 1. The van der Waals surface area contributed by atoms with Crippen molar-refractivity contribution in [2.75, 3.05) is 19.0 Å². The molecule has 0 spiro atoms. The van der Waals surface area contributed by atoms with Crippen LogP contribution in [0.15, 0.2) is 79.1 Å². The first-order chi connectivity index (χ1) is 17.1. The zero-order chi connectivity index (χ0) is 24.2. The van der Waals surface area contributed by atoms with Crippen LogP contribution in [0.1, 0.15) is 5.56 Å². The summed E-state index contributed by atoms with van der Waals surface area (Å²) in [5.74, 6) is 1.41. The van der Waals surface area contributed by atoms with Gasteiger partial charge in [-0.3, -0.25) is 9.78 Å². The molecule has 0 radical (unpaired) electrons. The number of nitrogens with one attached hydrogen (secondary N) is 1. The molecule has 9 heteroatoms. The van der Waals surface area contributed by atoms with Crippen LogP contribution in [0.2, 0.25) is 0 Å². The number of nitrogens with zero attached hydrogens (tertiary/aromatic N) is 5. The topological polar surface area (TPSA) is 104 Å². The third-order valence-corrected chi connectivity index (χ3v) is 5.30. The molecule has 0 saturated heterocycles. The van der Waals surface area contributed by atoms with Gasteiger partial charge in [0.2, 0.25) is 0 Å². The van der Waals surface area contributed by atoms with Gasteiger partial charge in [-0.1, -0.05) is 18.2 Å². The number of benzene rings is 2. The van der Waals surface area contributed by atoms with Crippen LogP contribution in [-0.4, -0.2) is 44.4 Å². The molecule has 174 valence electrons. The van der Waals surface area contributed by atoms with Gasteiger partial charge in [-0.15, -0.1) is 10.2 Å².